The molecular weight excluding hydrogens is 207 g/mol. The molecule has 0 amide bonds. The number of carbonyl (C=O) groups excluding carboxylic acids is 1. The van der Waals surface area contributed by atoms with Gasteiger partial charge in [-0.05, 0) is 19.4 Å². The Bertz CT molecular complexity index is 385. The fraction of sp³-hybridized carbons (Fsp3) is 0.400. The van der Waals surface area contributed by atoms with Gasteiger partial charge in [0, 0.05) is 6.20 Å². The summed E-state index contributed by atoms with van der Waals surface area (Å²) in [5.74, 6) is -0.604. The molecule has 0 saturated heterocycles. The van der Waals surface area contributed by atoms with Crippen molar-refractivity contribution >= 4 is 5.78 Å². The largest absolute Gasteiger partial charge is 0.417 e. The molecule has 0 spiro atoms. The molecule has 0 aliphatic heterocycles. The van der Waals surface area contributed by atoms with Crippen LogP contribution in [-0.2, 0) is 12.6 Å². The summed E-state index contributed by atoms with van der Waals surface area (Å²) >= 11 is 0. The SMILES string of the molecule is CCc1nccc(C(F)(F)F)c1C(C)=O. The van der Waals surface area contributed by atoms with Crippen molar-refractivity contribution in [1.29, 1.82) is 0 Å². The predicted octanol–water partition coefficient (Wildman–Crippen LogP) is 2.87. The van der Waals surface area contributed by atoms with Crippen LogP contribution in [0.5, 0.6) is 0 Å². The van der Waals surface area contributed by atoms with Crippen molar-refractivity contribution in [3.8, 4) is 0 Å². The number of alkyl halides is 3. The molecule has 0 bridgehead atoms. The van der Waals surface area contributed by atoms with Gasteiger partial charge in [0.05, 0.1) is 16.8 Å². The third-order valence-corrected chi connectivity index (χ3v) is 2.02. The van der Waals surface area contributed by atoms with Gasteiger partial charge in [-0.15, -0.1) is 0 Å². The van der Waals surface area contributed by atoms with Crippen LogP contribution in [0.4, 0.5) is 13.2 Å². The van der Waals surface area contributed by atoms with Crippen LogP contribution in [0.3, 0.4) is 0 Å². The molecule has 15 heavy (non-hydrogen) atoms. The Labute approximate surface area is 85.1 Å². The van der Waals surface area contributed by atoms with Crippen LogP contribution in [0.25, 0.3) is 0 Å². The first-order chi connectivity index (χ1) is 6.88. The monoisotopic (exact) mass is 217 g/mol. The van der Waals surface area contributed by atoms with Gasteiger partial charge in [0.25, 0.3) is 0 Å². The minimum atomic E-state index is -4.51. The molecule has 0 aliphatic carbocycles. The summed E-state index contributed by atoms with van der Waals surface area (Å²) in [6.07, 6.45) is -3.12. The molecular formula is C10H10F3NO. The number of rotatable bonds is 2. The summed E-state index contributed by atoms with van der Waals surface area (Å²) in [5, 5.41) is 0. The molecule has 0 radical (unpaired) electrons. The van der Waals surface area contributed by atoms with Gasteiger partial charge >= 0.3 is 6.18 Å². The normalized spacial score (nSPS) is 11.5. The molecule has 0 unspecified atom stereocenters. The first-order valence-electron chi connectivity index (χ1n) is 4.44. The van der Waals surface area contributed by atoms with Crippen molar-refractivity contribution in [1.82, 2.24) is 4.98 Å². The van der Waals surface area contributed by atoms with E-state index in [0.29, 0.717) is 6.42 Å². The molecule has 1 aromatic heterocycles. The Morgan fingerprint density at radius 1 is 1.47 bits per heavy atom. The third kappa shape index (κ3) is 2.34. The molecule has 0 aromatic carbocycles. The maximum Gasteiger partial charge on any atom is 0.417 e. The first-order valence-corrected chi connectivity index (χ1v) is 4.44. The van der Waals surface area contributed by atoms with Gasteiger partial charge in [-0.3, -0.25) is 9.78 Å². The Balaban J connectivity index is 3.46. The van der Waals surface area contributed by atoms with Crippen molar-refractivity contribution < 1.29 is 18.0 Å². The van der Waals surface area contributed by atoms with E-state index < -0.39 is 17.5 Å². The number of aryl methyl sites for hydroxylation is 1. The molecule has 5 heteroatoms. The van der Waals surface area contributed by atoms with Crippen LogP contribution in [0.1, 0.15) is 35.5 Å². The van der Waals surface area contributed by atoms with Gasteiger partial charge in [0.1, 0.15) is 0 Å². The van der Waals surface area contributed by atoms with E-state index >= 15 is 0 Å². The molecule has 1 aromatic rings. The molecule has 1 heterocycles. The Kier molecular flexibility index (Phi) is 3.12. The average Bonchev–Trinajstić information content (AvgIpc) is 2.15. The van der Waals surface area contributed by atoms with E-state index in [0.717, 1.165) is 19.2 Å². The fourth-order valence-electron chi connectivity index (χ4n) is 1.40. The number of carbonyl (C=O) groups is 1. The van der Waals surface area contributed by atoms with Crippen molar-refractivity contribution in [2.75, 3.05) is 0 Å². The maximum atomic E-state index is 12.5. The summed E-state index contributed by atoms with van der Waals surface area (Å²) in [4.78, 5) is 14.9. The predicted molar refractivity (Wildman–Crippen MR) is 48.6 cm³/mol. The van der Waals surface area contributed by atoms with Gasteiger partial charge in [0.15, 0.2) is 5.78 Å². The lowest BCUT2D eigenvalue weighted by molar-refractivity contribution is -0.138. The van der Waals surface area contributed by atoms with Crippen molar-refractivity contribution in [2.45, 2.75) is 26.4 Å². The van der Waals surface area contributed by atoms with Crippen LogP contribution < -0.4 is 0 Å². The standard InChI is InChI=1S/C10H10F3NO/c1-3-8-9(6(2)15)7(4-5-14-8)10(11,12)13/h4-5H,3H2,1-2H3. The zero-order chi connectivity index (χ0) is 11.6. The van der Waals surface area contributed by atoms with Crippen LogP contribution in [-0.4, -0.2) is 10.8 Å². The van der Waals surface area contributed by atoms with Crippen LogP contribution >= 0.6 is 0 Å². The quantitative estimate of drug-likeness (QED) is 0.713. The highest BCUT2D eigenvalue weighted by Gasteiger charge is 2.35. The number of Topliss-reactive ketones (excluding diaryl/α,β-unsaturated/α-hetero) is 1. The van der Waals surface area contributed by atoms with Gasteiger partial charge < -0.3 is 0 Å². The van der Waals surface area contributed by atoms with E-state index in [4.69, 9.17) is 0 Å². The Morgan fingerprint density at radius 2 is 2.07 bits per heavy atom. The average molecular weight is 217 g/mol. The van der Waals surface area contributed by atoms with Gasteiger partial charge in [-0.1, -0.05) is 6.92 Å². The minimum absolute atomic E-state index is 0.192. The molecule has 0 fully saturated rings. The van der Waals surface area contributed by atoms with Crippen LogP contribution in [0.15, 0.2) is 12.3 Å². The summed E-state index contributed by atoms with van der Waals surface area (Å²) in [7, 11) is 0. The summed E-state index contributed by atoms with van der Waals surface area (Å²) in [5.41, 5.74) is -1.02. The van der Waals surface area contributed by atoms with E-state index in [1.807, 2.05) is 0 Å². The second-order valence-corrected chi connectivity index (χ2v) is 3.09. The number of nitrogens with zero attached hydrogens (tertiary/aromatic N) is 1. The van der Waals surface area contributed by atoms with E-state index in [9.17, 15) is 18.0 Å². The highest BCUT2D eigenvalue weighted by atomic mass is 19.4. The lowest BCUT2D eigenvalue weighted by Crippen LogP contribution is -2.15. The molecule has 2 nitrogen and oxygen atoms in total. The minimum Gasteiger partial charge on any atom is -0.294 e. The maximum absolute atomic E-state index is 12.5. The lowest BCUT2D eigenvalue weighted by atomic mass is 10.0. The summed E-state index contributed by atoms with van der Waals surface area (Å²) < 4.78 is 37.6. The highest BCUT2D eigenvalue weighted by Crippen LogP contribution is 2.32. The Hall–Kier alpha value is -1.39. The third-order valence-electron chi connectivity index (χ3n) is 2.02. The molecule has 1 rings (SSSR count). The highest BCUT2D eigenvalue weighted by molar-refractivity contribution is 5.96. The number of aromatic nitrogens is 1. The van der Waals surface area contributed by atoms with Crippen molar-refractivity contribution in [2.24, 2.45) is 0 Å². The van der Waals surface area contributed by atoms with Gasteiger partial charge in [-0.2, -0.15) is 13.2 Å². The fourth-order valence-corrected chi connectivity index (χ4v) is 1.40. The summed E-state index contributed by atoms with van der Waals surface area (Å²) in [6, 6.07) is 0.829. The Morgan fingerprint density at radius 3 is 2.47 bits per heavy atom. The van der Waals surface area contributed by atoms with Crippen LogP contribution in [0, 0.1) is 0 Å². The van der Waals surface area contributed by atoms with Crippen molar-refractivity contribution in [3.63, 3.8) is 0 Å². The number of ketones is 1. The second kappa shape index (κ2) is 4.00. The zero-order valence-corrected chi connectivity index (χ0v) is 8.35. The van der Waals surface area contributed by atoms with E-state index in [-0.39, 0.29) is 11.3 Å². The van der Waals surface area contributed by atoms with Gasteiger partial charge in [0.2, 0.25) is 0 Å². The molecule has 82 valence electrons. The lowest BCUT2D eigenvalue weighted by Gasteiger charge is -2.12. The number of hydrogen-bond donors (Lipinski definition) is 0. The smallest absolute Gasteiger partial charge is 0.294 e. The summed E-state index contributed by atoms with van der Waals surface area (Å²) in [6.45, 7) is 2.78. The van der Waals surface area contributed by atoms with Gasteiger partial charge in [-0.25, -0.2) is 0 Å². The second-order valence-electron chi connectivity index (χ2n) is 3.09. The van der Waals surface area contributed by atoms with Crippen molar-refractivity contribution in [3.05, 3.63) is 29.1 Å². The topological polar surface area (TPSA) is 30.0 Å². The molecule has 0 aliphatic rings. The van der Waals surface area contributed by atoms with Crippen LogP contribution in [0.2, 0.25) is 0 Å². The molecule has 0 N–H and O–H groups in total. The molecule has 0 atom stereocenters. The van der Waals surface area contributed by atoms with E-state index in [1.54, 1.807) is 6.92 Å². The zero-order valence-electron chi connectivity index (χ0n) is 8.35. The number of halogens is 3. The first kappa shape index (κ1) is 11.7. The van der Waals surface area contributed by atoms with E-state index in [1.165, 1.54) is 0 Å². The van der Waals surface area contributed by atoms with E-state index in [2.05, 4.69) is 4.98 Å². The number of pyridine rings is 1. The molecule has 0 saturated carbocycles. The number of hydrogen-bond acceptors (Lipinski definition) is 2.